The van der Waals surface area contributed by atoms with E-state index in [-0.39, 0.29) is 23.8 Å². The number of amides is 1. The molecule has 0 radical (unpaired) electrons. The van der Waals surface area contributed by atoms with E-state index in [0.717, 1.165) is 11.0 Å². The molecule has 11 heteroatoms. The minimum Gasteiger partial charge on any atom is -0.342 e. The zero-order valence-electron chi connectivity index (χ0n) is 19.7. The molecule has 4 aromatic rings. The number of benzene rings is 2. The Labute approximate surface area is 209 Å². The summed E-state index contributed by atoms with van der Waals surface area (Å²) in [5, 5.41) is 3.04. The van der Waals surface area contributed by atoms with Crippen LogP contribution < -0.4 is 11.1 Å². The Morgan fingerprint density at radius 2 is 1.97 bits per heavy atom. The molecule has 188 valence electrons. The van der Waals surface area contributed by atoms with Gasteiger partial charge in [0.1, 0.15) is 5.82 Å². The number of fused-ring (bicyclic) bond motifs is 9. The zero-order chi connectivity index (χ0) is 25.8. The summed E-state index contributed by atoms with van der Waals surface area (Å²) in [5.41, 5.74) is 9.51. The molecule has 37 heavy (non-hydrogen) atoms. The van der Waals surface area contributed by atoms with E-state index in [4.69, 9.17) is 15.5 Å². The highest BCUT2D eigenvalue weighted by Crippen LogP contribution is 2.47. The summed E-state index contributed by atoms with van der Waals surface area (Å²) in [7, 11) is 0. The number of imidazole rings is 1. The lowest BCUT2D eigenvalue weighted by atomic mass is 9.89. The Balaban J connectivity index is 1.59. The molecule has 0 spiro atoms. The van der Waals surface area contributed by atoms with Crippen LogP contribution in [0.15, 0.2) is 48.7 Å². The van der Waals surface area contributed by atoms with Gasteiger partial charge in [-0.05, 0) is 48.7 Å². The van der Waals surface area contributed by atoms with Gasteiger partial charge in [-0.25, -0.2) is 15.0 Å². The first kappa shape index (κ1) is 23.3. The van der Waals surface area contributed by atoms with E-state index in [1.165, 1.54) is 13.1 Å². The van der Waals surface area contributed by atoms with Crippen LogP contribution in [0.1, 0.15) is 63.4 Å². The second-order valence-corrected chi connectivity index (χ2v) is 9.15. The smallest absolute Gasteiger partial charge is 0.342 e. The summed E-state index contributed by atoms with van der Waals surface area (Å²) in [6.07, 6.45) is 1.93. The monoisotopic (exact) mass is 504 g/mol. The van der Waals surface area contributed by atoms with Gasteiger partial charge in [-0.2, -0.15) is 8.78 Å². The lowest BCUT2D eigenvalue weighted by molar-refractivity contribution is -0.137. The van der Waals surface area contributed by atoms with E-state index in [0.29, 0.717) is 40.2 Å². The summed E-state index contributed by atoms with van der Waals surface area (Å²) in [6, 6.07) is 11.0. The predicted molar refractivity (Wildman–Crippen MR) is 129 cm³/mol. The van der Waals surface area contributed by atoms with Crippen molar-refractivity contribution in [1.29, 1.82) is 0 Å². The number of hydrogen-bond donors (Lipinski definition) is 2. The van der Waals surface area contributed by atoms with Gasteiger partial charge in [0, 0.05) is 17.3 Å². The Bertz CT molecular complexity index is 1570. The molecule has 0 saturated heterocycles. The van der Waals surface area contributed by atoms with E-state index in [1.54, 1.807) is 18.2 Å². The van der Waals surface area contributed by atoms with Crippen LogP contribution in [0.2, 0.25) is 0 Å². The molecule has 2 aromatic carbocycles. The Morgan fingerprint density at radius 3 is 2.76 bits per heavy atom. The van der Waals surface area contributed by atoms with Crippen LogP contribution in [0.4, 0.5) is 8.78 Å². The average Bonchev–Trinajstić information content (AvgIpc) is 3.39. The fourth-order valence-electron chi connectivity index (χ4n) is 5.29. The van der Waals surface area contributed by atoms with Crippen LogP contribution in [0.5, 0.6) is 0 Å². The van der Waals surface area contributed by atoms with Crippen molar-refractivity contribution < 1.29 is 23.1 Å². The van der Waals surface area contributed by atoms with E-state index >= 15 is 0 Å². The quantitative estimate of drug-likeness (QED) is 0.385. The van der Waals surface area contributed by atoms with Gasteiger partial charge in [-0.1, -0.05) is 18.2 Å². The normalized spacial score (nSPS) is 18.9. The average molecular weight is 504 g/mol. The number of halogens is 2. The molecular weight excluding hydrogens is 482 g/mol. The number of rotatable bonds is 6. The molecule has 2 aliphatic rings. The van der Waals surface area contributed by atoms with Crippen molar-refractivity contribution in [3.05, 3.63) is 77.0 Å². The molecule has 2 bridgehead atoms. The number of hydrogen-bond acceptors (Lipinski definition) is 7. The standard InChI is InChI=1S/C26H22F2N6O3/c1-12(29)22(35)23-30-9-8-16(31-23)13-6-7-14-21(15(13)11-37-26(27)28)20-10-18(33-25(14)36)24-32-17-4-2-3-5-19(17)34(20)24/h2-9,12,18,20,26H,10-11,29H2,1H3,(H,33,36)/t12?,18-,20-/m1/s1. The van der Waals surface area contributed by atoms with Gasteiger partial charge in [-0.15, -0.1) is 0 Å². The molecular formula is C26H22F2N6O3. The highest BCUT2D eigenvalue weighted by Gasteiger charge is 2.42. The number of alkyl halides is 2. The van der Waals surface area contributed by atoms with Gasteiger partial charge in [0.25, 0.3) is 5.91 Å². The van der Waals surface area contributed by atoms with Crippen LogP contribution in [-0.4, -0.2) is 43.9 Å². The number of nitrogens with two attached hydrogens (primary N) is 1. The first-order valence-corrected chi connectivity index (χ1v) is 11.8. The second kappa shape index (κ2) is 8.79. The number of Topliss-reactive ketones (excluding diaryl/α,β-unsaturated/α-hetero) is 1. The lowest BCUT2D eigenvalue weighted by Gasteiger charge is -2.24. The Morgan fingerprint density at radius 1 is 1.19 bits per heavy atom. The zero-order valence-corrected chi connectivity index (χ0v) is 19.7. The third-order valence-corrected chi connectivity index (χ3v) is 6.86. The fourth-order valence-corrected chi connectivity index (χ4v) is 5.29. The molecule has 1 unspecified atom stereocenters. The molecule has 3 atom stereocenters. The number of ketones is 1. The van der Waals surface area contributed by atoms with Crippen LogP contribution >= 0.6 is 0 Å². The van der Waals surface area contributed by atoms with Crippen molar-refractivity contribution in [1.82, 2.24) is 24.8 Å². The van der Waals surface area contributed by atoms with Crippen molar-refractivity contribution in [3.8, 4) is 11.3 Å². The summed E-state index contributed by atoms with van der Waals surface area (Å²) in [4.78, 5) is 38.9. The third kappa shape index (κ3) is 3.78. The molecule has 6 rings (SSSR count). The van der Waals surface area contributed by atoms with Crippen LogP contribution in [0.3, 0.4) is 0 Å². The van der Waals surface area contributed by atoms with Gasteiger partial charge in [-0.3, -0.25) is 9.59 Å². The lowest BCUT2D eigenvalue weighted by Crippen LogP contribution is -2.28. The van der Waals surface area contributed by atoms with E-state index < -0.39 is 25.0 Å². The van der Waals surface area contributed by atoms with Gasteiger partial charge >= 0.3 is 6.61 Å². The fraction of sp³-hybridized carbons (Fsp3) is 0.269. The van der Waals surface area contributed by atoms with Crippen molar-refractivity contribution in [3.63, 3.8) is 0 Å². The van der Waals surface area contributed by atoms with Crippen molar-refractivity contribution in [2.45, 2.75) is 44.7 Å². The number of aromatic nitrogens is 4. The van der Waals surface area contributed by atoms with Crippen molar-refractivity contribution in [2.75, 3.05) is 0 Å². The Hall–Kier alpha value is -4.09. The number of ether oxygens (including phenoxy) is 1. The molecule has 3 N–H and O–H groups in total. The number of nitrogens with zero attached hydrogens (tertiary/aromatic N) is 4. The molecule has 0 fully saturated rings. The summed E-state index contributed by atoms with van der Waals surface area (Å²) >= 11 is 0. The van der Waals surface area contributed by atoms with Crippen LogP contribution in [0, 0.1) is 0 Å². The maximum atomic E-state index is 13.3. The van der Waals surface area contributed by atoms with Gasteiger partial charge in [0.2, 0.25) is 5.78 Å². The van der Waals surface area contributed by atoms with Crippen molar-refractivity contribution in [2.24, 2.45) is 5.73 Å². The number of carbonyl (C=O) groups is 2. The largest absolute Gasteiger partial charge is 0.345 e. The number of carbonyl (C=O) groups excluding carboxylic acids is 2. The Kier molecular flexibility index (Phi) is 5.54. The number of para-hydroxylation sites is 2. The molecule has 0 aliphatic carbocycles. The van der Waals surface area contributed by atoms with E-state index in [2.05, 4.69) is 19.9 Å². The van der Waals surface area contributed by atoms with E-state index in [9.17, 15) is 18.4 Å². The second-order valence-electron chi connectivity index (χ2n) is 9.15. The molecule has 1 amide bonds. The van der Waals surface area contributed by atoms with Crippen LogP contribution in [0.25, 0.3) is 22.3 Å². The van der Waals surface area contributed by atoms with Gasteiger partial charge in [0.05, 0.1) is 41.5 Å². The highest BCUT2D eigenvalue weighted by atomic mass is 19.3. The maximum Gasteiger partial charge on any atom is 0.345 e. The highest BCUT2D eigenvalue weighted by molar-refractivity contribution is 5.99. The maximum absolute atomic E-state index is 13.3. The SMILES string of the molecule is CC(N)C(=O)c1nccc(-c2ccc3c(c2COC(F)F)[C@H]2C[C@@H](NC3=O)c3nc4ccccc4n32)n1. The molecule has 0 saturated carbocycles. The van der Waals surface area contributed by atoms with Crippen LogP contribution in [-0.2, 0) is 11.3 Å². The molecule has 9 nitrogen and oxygen atoms in total. The van der Waals surface area contributed by atoms with Crippen molar-refractivity contribution >= 4 is 22.7 Å². The summed E-state index contributed by atoms with van der Waals surface area (Å²) in [5.74, 6) is -0.136. The van der Waals surface area contributed by atoms with Gasteiger partial charge in [0.15, 0.2) is 5.82 Å². The first-order valence-electron chi connectivity index (χ1n) is 11.8. The first-order chi connectivity index (χ1) is 17.8. The summed E-state index contributed by atoms with van der Waals surface area (Å²) in [6.45, 7) is -1.96. The van der Waals surface area contributed by atoms with E-state index in [1.807, 2.05) is 24.3 Å². The third-order valence-electron chi connectivity index (χ3n) is 6.86. The molecule has 2 aliphatic heterocycles. The minimum absolute atomic E-state index is 0.0789. The summed E-state index contributed by atoms with van der Waals surface area (Å²) < 4.78 is 33.4. The predicted octanol–water partition coefficient (Wildman–Crippen LogP) is 3.54. The molecule has 2 aromatic heterocycles. The minimum atomic E-state index is -3.02. The topological polar surface area (TPSA) is 125 Å². The van der Waals surface area contributed by atoms with Gasteiger partial charge < -0.3 is 20.4 Å². The number of nitrogens with one attached hydrogen (secondary N) is 1. The molecule has 4 heterocycles.